The van der Waals surface area contributed by atoms with Gasteiger partial charge in [0.05, 0.1) is 12.0 Å². The maximum absolute atomic E-state index is 11.5. The van der Waals surface area contributed by atoms with Crippen molar-refractivity contribution in [3.05, 3.63) is 22.9 Å². The van der Waals surface area contributed by atoms with E-state index >= 15 is 0 Å². The van der Waals surface area contributed by atoms with E-state index in [0.717, 1.165) is 0 Å². The predicted octanol–water partition coefficient (Wildman–Crippen LogP) is 1.47. The molecule has 0 aliphatic heterocycles. The zero-order valence-electron chi connectivity index (χ0n) is 10.7. The van der Waals surface area contributed by atoms with Crippen LogP contribution in [0.1, 0.15) is 5.82 Å². The molecule has 0 atom stereocenters. The number of hydrogen-bond acceptors (Lipinski definition) is 6. The number of methoxy groups -OCH3 is 1. The van der Waals surface area contributed by atoms with E-state index in [1.807, 2.05) is 0 Å². The Labute approximate surface area is 108 Å². The van der Waals surface area contributed by atoms with Gasteiger partial charge in [0, 0.05) is 11.6 Å². The average molecular weight is 265 g/mol. The number of benzene rings is 1. The third-order valence-corrected chi connectivity index (χ3v) is 2.49. The molecule has 0 spiro atoms. The third-order valence-electron chi connectivity index (χ3n) is 2.49. The zero-order valence-corrected chi connectivity index (χ0v) is 10.7. The molecule has 8 heteroatoms. The van der Waals surface area contributed by atoms with Crippen molar-refractivity contribution in [1.82, 2.24) is 15.2 Å². The summed E-state index contributed by atoms with van der Waals surface area (Å²) in [5, 5.41) is 16.5. The van der Waals surface area contributed by atoms with Crippen molar-refractivity contribution in [2.45, 2.75) is 6.92 Å². The average Bonchev–Trinajstić information content (AvgIpc) is 2.84. The molecule has 1 heterocycles. The molecule has 2 aromatic rings. The summed E-state index contributed by atoms with van der Waals surface area (Å²) in [7, 11) is 2.58. The molecular weight excluding hydrogens is 252 g/mol. The van der Waals surface area contributed by atoms with Crippen LogP contribution in [-0.2, 0) is 4.84 Å². The summed E-state index contributed by atoms with van der Waals surface area (Å²) in [5.41, 5.74) is 0.436. The maximum atomic E-state index is 11.5. The van der Waals surface area contributed by atoms with Gasteiger partial charge in [-0.05, 0) is 13.0 Å². The standard InChI is InChI=1S/C11H12N4O4/c1-6-12-11(14-13-6)7-4-8(15(17)19-3)10(16)9(5-7)18-2/h4-5H,1-3H3,(H-,12,13,14,16,17)/p+1. The molecule has 0 aliphatic rings. The van der Waals surface area contributed by atoms with Crippen LogP contribution >= 0.6 is 0 Å². The molecule has 0 saturated carbocycles. The molecule has 0 saturated heterocycles. The number of H-pyrrole nitrogens is 1. The number of phenolic OH excluding ortho intramolecular Hbond substituents is 1. The Hall–Kier alpha value is -2.64. The van der Waals surface area contributed by atoms with E-state index in [2.05, 4.69) is 20.0 Å². The summed E-state index contributed by atoms with van der Waals surface area (Å²) in [6, 6.07) is 2.95. The van der Waals surface area contributed by atoms with Gasteiger partial charge in [0.1, 0.15) is 5.82 Å². The van der Waals surface area contributed by atoms with Crippen LogP contribution in [0.2, 0.25) is 0 Å². The van der Waals surface area contributed by atoms with Gasteiger partial charge in [-0.1, -0.05) is 0 Å². The lowest BCUT2D eigenvalue weighted by molar-refractivity contribution is -0.736. The monoisotopic (exact) mass is 265 g/mol. The Morgan fingerprint density at radius 1 is 1.37 bits per heavy atom. The highest BCUT2D eigenvalue weighted by molar-refractivity contribution is 5.68. The highest BCUT2D eigenvalue weighted by atomic mass is 16.8. The number of rotatable bonds is 4. The van der Waals surface area contributed by atoms with Crippen LogP contribution in [0.4, 0.5) is 5.69 Å². The first-order chi connectivity index (χ1) is 9.06. The highest BCUT2D eigenvalue weighted by Gasteiger charge is 2.26. The van der Waals surface area contributed by atoms with Gasteiger partial charge < -0.3 is 9.84 Å². The van der Waals surface area contributed by atoms with Gasteiger partial charge in [-0.25, -0.2) is 9.82 Å². The summed E-state index contributed by atoms with van der Waals surface area (Å²) in [6.07, 6.45) is 0. The lowest BCUT2D eigenvalue weighted by Gasteiger charge is -2.04. The Morgan fingerprint density at radius 2 is 2.11 bits per heavy atom. The molecule has 19 heavy (non-hydrogen) atoms. The van der Waals surface area contributed by atoms with Crippen molar-refractivity contribution in [2.75, 3.05) is 14.2 Å². The molecule has 2 N–H and O–H groups in total. The van der Waals surface area contributed by atoms with Gasteiger partial charge in [-0.2, -0.15) is 5.10 Å². The molecule has 0 fully saturated rings. The SMILES string of the molecule is COc1cc(-c2n[nH]c(C)n2)cc([N+](=O)OC)c1O. The van der Waals surface area contributed by atoms with Crippen LogP contribution in [0.25, 0.3) is 11.4 Å². The normalized spacial score (nSPS) is 10.3. The first-order valence-corrected chi connectivity index (χ1v) is 5.38. The van der Waals surface area contributed by atoms with Gasteiger partial charge in [0.2, 0.25) is 5.75 Å². The molecule has 0 radical (unpaired) electrons. The number of aromatic hydroxyl groups is 1. The summed E-state index contributed by atoms with van der Waals surface area (Å²) in [4.78, 5) is 20.4. The molecule has 2 rings (SSSR count). The van der Waals surface area contributed by atoms with Crippen LogP contribution in [0, 0.1) is 11.8 Å². The minimum Gasteiger partial charge on any atom is -0.499 e. The number of phenols is 1. The van der Waals surface area contributed by atoms with E-state index < -0.39 is 0 Å². The number of ether oxygens (including phenoxy) is 1. The molecular formula is C11H13N4O4+. The summed E-state index contributed by atoms with van der Waals surface area (Å²) < 4.78 is 5.01. The molecule has 0 unspecified atom stereocenters. The predicted molar refractivity (Wildman–Crippen MR) is 65.1 cm³/mol. The van der Waals surface area contributed by atoms with Crippen LogP contribution < -0.4 is 4.74 Å². The second kappa shape index (κ2) is 4.92. The summed E-state index contributed by atoms with van der Waals surface area (Å²) in [5.74, 6) is 0.846. The van der Waals surface area contributed by atoms with E-state index in [1.165, 1.54) is 26.4 Å². The van der Waals surface area contributed by atoms with Crippen molar-refractivity contribution >= 4 is 5.69 Å². The molecule has 0 aliphatic carbocycles. The maximum Gasteiger partial charge on any atom is 0.362 e. The second-order valence-corrected chi connectivity index (χ2v) is 3.73. The van der Waals surface area contributed by atoms with Crippen LogP contribution in [0.5, 0.6) is 11.5 Å². The summed E-state index contributed by atoms with van der Waals surface area (Å²) in [6.45, 7) is 1.75. The van der Waals surface area contributed by atoms with Gasteiger partial charge in [-0.3, -0.25) is 5.10 Å². The third kappa shape index (κ3) is 2.32. The molecule has 100 valence electrons. The molecule has 1 aromatic heterocycles. The van der Waals surface area contributed by atoms with Crippen LogP contribution in [0.3, 0.4) is 0 Å². The second-order valence-electron chi connectivity index (χ2n) is 3.73. The van der Waals surface area contributed by atoms with Gasteiger partial charge in [-0.15, -0.1) is 0 Å². The van der Waals surface area contributed by atoms with Gasteiger partial charge in [0.15, 0.2) is 18.7 Å². The number of aryl methyl sites for hydroxylation is 1. The zero-order chi connectivity index (χ0) is 14.0. The molecule has 8 nitrogen and oxygen atoms in total. The van der Waals surface area contributed by atoms with Gasteiger partial charge in [0.25, 0.3) is 4.92 Å². The fourth-order valence-corrected chi connectivity index (χ4v) is 1.59. The van der Waals surface area contributed by atoms with E-state index in [1.54, 1.807) is 6.92 Å². The lowest BCUT2D eigenvalue weighted by atomic mass is 10.1. The minimum atomic E-state index is -0.310. The Morgan fingerprint density at radius 3 is 2.63 bits per heavy atom. The molecule has 0 amide bonds. The first-order valence-electron chi connectivity index (χ1n) is 5.38. The lowest BCUT2D eigenvalue weighted by Crippen LogP contribution is -2.00. The topological polar surface area (TPSA) is 100 Å². The number of aromatic amines is 1. The van der Waals surface area contributed by atoms with E-state index in [4.69, 9.17) is 4.74 Å². The fourth-order valence-electron chi connectivity index (χ4n) is 1.59. The highest BCUT2D eigenvalue weighted by Crippen LogP contribution is 2.39. The Bertz CT molecular complexity index is 623. The molecule has 1 aromatic carbocycles. The quantitative estimate of drug-likeness (QED) is 0.812. The summed E-state index contributed by atoms with van der Waals surface area (Å²) >= 11 is 0. The largest absolute Gasteiger partial charge is 0.499 e. The van der Waals surface area contributed by atoms with Crippen molar-refractivity contribution < 1.29 is 19.6 Å². The van der Waals surface area contributed by atoms with E-state index in [0.29, 0.717) is 17.2 Å². The Balaban J connectivity index is 2.60. The van der Waals surface area contributed by atoms with Crippen molar-refractivity contribution in [1.29, 1.82) is 0 Å². The number of aromatic nitrogens is 3. The number of nitrogens with zero attached hydrogens (tertiary/aromatic N) is 3. The van der Waals surface area contributed by atoms with E-state index in [9.17, 15) is 10.0 Å². The van der Waals surface area contributed by atoms with Gasteiger partial charge >= 0.3 is 5.69 Å². The number of hydrogen-bond donors (Lipinski definition) is 2. The van der Waals surface area contributed by atoms with Crippen molar-refractivity contribution in [3.8, 4) is 22.9 Å². The van der Waals surface area contributed by atoms with Crippen LogP contribution in [-0.4, -0.2) is 39.4 Å². The first kappa shape index (κ1) is 12.8. The van der Waals surface area contributed by atoms with E-state index in [-0.39, 0.29) is 22.1 Å². The number of nitrogens with one attached hydrogen (secondary N) is 1. The Kier molecular flexibility index (Phi) is 3.32. The molecule has 0 bridgehead atoms. The minimum absolute atomic E-state index is 0.0840. The van der Waals surface area contributed by atoms with Crippen LogP contribution in [0.15, 0.2) is 12.1 Å². The van der Waals surface area contributed by atoms with Crippen molar-refractivity contribution in [2.24, 2.45) is 0 Å². The smallest absolute Gasteiger partial charge is 0.362 e. The van der Waals surface area contributed by atoms with Crippen molar-refractivity contribution in [3.63, 3.8) is 0 Å². The fraction of sp³-hybridized carbons (Fsp3) is 0.273.